The molecule has 0 heterocycles. The lowest BCUT2D eigenvalue weighted by atomic mass is 10.1. The van der Waals surface area contributed by atoms with Gasteiger partial charge in [-0.15, -0.1) is 0 Å². The van der Waals surface area contributed by atoms with Crippen LogP contribution in [0.5, 0.6) is 0 Å². The minimum Gasteiger partial charge on any atom is -0.388 e. The van der Waals surface area contributed by atoms with E-state index in [0.29, 0.717) is 5.69 Å². The van der Waals surface area contributed by atoms with E-state index in [1.54, 1.807) is 12.1 Å². The zero-order valence-corrected chi connectivity index (χ0v) is 8.32. The summed E-state index contributed by atoms with van der Waals surface area (Å²) in [6, 6.07) is 11.5. The molecule has 0 bridgehead atoms. The van der Waals surface area contributed by atoms with E-state index in [4.69, 9.17) is 0 Å². The van der Waals surface area contributed by atoms with Gasteiger partial charge in [-0.2, -0.15) is 4.99 Å². The van der Waals surface area contributed by atoms with Crippen molar-refractivity contribution in [1.82, 2.24) is 0 Å². The molecule has 2 aromatic rings. The highest BCUT2D eigenvalue weighted by Gasteiger charge is 2.02. The number of hydrogen-bond acceptors (Lipinski definition) is 3. The van der Waals surface area contributed by atoms with Gasteiger partial charge < -0.3 is 5.32 Å². The van der Waals surface area contributed by atoms with Crippen molar-refractivity contribution >= 4 is 28.2 Å². The van der Waals surface area contributed by atoms with Crippen molar-refractivity contribution < 1.29 is 4.79 Å². The number of aliphatic imine (C=N–C) groups is 1. The Balaban J connectivity index is 2.81. The maximum absolute atomic E-state index is 10.3. The van der Waals surface area contributed by atoms with Gasteiger partial charge in [0.05, 0.1) is 5.69 Å². The van der Waals surface area contributed by atoms with Crippen LogP contribution in [-0.2, 0) is 4.79 Å². The van der Waals surface area contributed by atoms with Crippen LogP contribution in [0.1, 0.15) is 0 Å². The number of nitrogens with zero attached hydrogens (tertiary/aromatic N) is 1. The molecule has 0 aromatic heterocycles. The van der Waals surface area contributed by atoms with Crippen molar-refractivity contribution in [1.29, 1.82) is 0 Å². The molecular formula is C12H10N2O. The monoisotopic (exact) mass is 198 g/mol. The number of isocyanates is 1. The first-order valence-electron chi connectivity index (χ1n) is 4.64. The summed E-state index contributed by atoms with van der Waals surface area (Å²) in [5.41, 5.74) is 1.68. The van der Waals surface area contributed by atoms with Crippen molar-refractivity contribution in [2.24, 2.45) is 4.99 Å². The van der Waals surface area contributed by atoms with Crippen LogP contribution in [0, 0.1) is 0 Å². The van der Waals surface area contributed by atoms with Crippen LogP contribution in [0.4, 0.5) is 11.4 Å². The third-order valence-electron chi connectivity index (χ3n) is 2.33. The molecule has 1 N–H and O–H groups in total. The fourth-order valence-electron chi connectivity index (χ4n) is 1.66. The highest BCUT2D eigenvalue weighted by molar-refractivity contribution is 6.00. The zero-order chi connectivity index (χ0) is 10.7. The van der Waals surface area contributed by atoms with Crippen molar-refractivity contribution in [3.63, 3.8) is 0 Å². The van der Waals surface area contributed by atoms with E-state index in [-0.39, 0.29) is 0 Å². The highest BCUT2D eigenvalue weighted by atomic mass is 16.1. The van der Waals surface area contributed by atoms with E-state index in [2.05, 4.69) is 10.3 Å². The van der Waals surface area contributed by atoms with Gasteiger partial charge in [0.1, 0.15) is 0 Å². The van der Waals surface area contributed by atoms with Gasteiger partial charge in [0.2, 0.25) is 6.08 Å². The Hall–Kier alpha value is -2.12. The predicted octanol–water partition coefficient (Wildman–Crippen LogP) is 2.85. The summed E-state index contributed by atoms with van der Waals surface area (Å²) in [6.45, 7) is 0. The van der Waals surface area contributed by atoms with Gasteiger partial charge in [0, 0.05) is 23.5 Å². The smallest absolute Gasteiger partial charge is 0.240 e. The van der Waals surface area contributed by atoms with Crippen LogP contribution in [0.15, 0.2) is 41.4 Å². The summed E-state index contributed by atoms with van der Waals surface area (Å²) in [5.74, 6) is 0. The Morgan fingerprint density at radius 2 is 1.87 bits per heavy atom. The summed E-state index contributed by atoms with van der Waals surface area (Å²) in [5, 5.41) is 5.10. The number of benzene rings is 2. The number of anilines is 1. The minimum absolute atomic E-state index is 0.652. The number of rotatable bonds is 2. The molecule has 3 nitrogen and oxygen atoms in total. The molecule has 2 rings (SSSR count). The quantitative estimate of drug-likeness (QED) is 0.595. The molecule has 0 amide bonds. The van der Waals surface area contributed by atoms with Crippen LogP contribution in [0.3, 0.4) is 0 Å². The molecule has 0 aliphatic heterocycles. The van der Waals surface area contributed by atoms with Gasteiger partial charge in [-0.05, 0) is 12.1 Å². The summed E-state index contributed by atoms with van der Waals surface area (Å²) >= 11 is 0. The molecule has 2 aromatic carbocycles. The fourth-order valence-corrected chi connectivity index (χ4v) is 1.66. The predicted molar refractivity (Wildman–Crippen MR) is 61.3 cm³/mol. The number of nitrogens with one attached hydrogen (secondary N) is 1. The molecule has 0 unspecified atom stereocenters. The van der Waals surface area contributed by atoms with E-state index in [1.807, 2.05) is 37.4 Å². The van der Waals surface area contributed by atoms with E-state index in [0.717, 1.165) is 16.5 Å². The molecule has 0 radical (unpaired) electrons. The molecule has 0 saturated heterocycles. The standard InChI is InChI=1S/C12H10N2O/c1-13-11-6-2-5-10-9(11)4-3-7-12(10)14-8-15/h2-7,13H,1H3. The second kappa shape index (κ2) is 3.95. The first kappa shape index (κ1) is 9.44. The molecule has 0 atom stereocenters. The Bertz CT molecular complexity index is 542. The van der Waals surface area contributed by atoms with Crippen LogP contribution < -0.4 is 5.32 Å². The fraction of sp³-hybridized carbons (Fsp3) is 0.0833. The Labute approximate surface area is 87.4 Å². The first-order chi connectivity index (χ1) is 7.36. The average molecular weight is 198 g/mol. The number of hydrogen-bond donors (Lipinski definition) is 1. The highest BCUT2D eigenvalue weighted by Crippen LogP contribution is 2.30. The summed E-state index contributed by atoms with van der Waals surface area (Å²) in [4.78, 5) is 13.9. The largest absolute Gasteiger partial charge is 0.388 e. The maximum Gasteiger partial charge on any atom is 0.240 e. The molecule has 0 spiro atoms. The second-order valence-electron chi connectivity index (χ2n) is 3.13. The lowest BCUT2D eigenvalue weighted by Crippen LogP contribution is -1.88. The zero-order valence-electron chi connectivity index (χ0n) is 8.32. The van der Waals surface area contributed by atoms with Crippen molar-refractivity contribution in [2.45, 2.75) is 0 Å². The minimum atomic E-state index is 0.652. The van der Waals surface area contributed by atoms with Crippen molar-refractivity contribution in [3.05, 3.63) is 36.4 Å². The van der Waals surface area contributed by atoms with Crippen LogP contribution >= 0.6 is 0 Å². The van der Waals surface area contributed by atoms with Gasteiger partial charge in [0.25, 0.3) is 0 Å². The lowest BCUT2D eigenvalue weighted by molar-refractivity contribution is 0.565. The Morgan fingerprint density at radius 1 is 1.13 bits per heavy atom. The molecule has 0 aliphatic carbocycles. The lowest BCUT2D eigenvalue weighted by Gasteiger charge is -2.06. The third-order valence-corrected chi connectivity index (χ3v) is 2.33. The van der Waals surface area contributed by atoms with E-state index >= 15 is 0 Å². The van der Waals surface area contributed by atoms with Gasteiger partial charge in [-0.25, -0.2) is 4.79 Å². The number of carbonyl (C=O) groups excluding carboxylic acids is 1. The average Bonchev–Trinajstić information content (AvgIpc) is 2.29. The molecule has 0 fully saturated rings. The van der Waals surface area contributed by atoms with E-state index in [1.165, 1.54) is 0 Å². The molecule has 15 heavy (non-hydrogen) atoms. The van der Waals surface area contributed by atoms with Gasteiger partial charge in [-0.3, -0.25) is 0 Å². The summed E-state index contributed by atoms with van der Waals surface area (Å²) < 4.78 is 0. The van der Waals surface area contributed by atoms with Crippen molar-refractivity contribution in [2.75, 3.05) is 12.4 Å². The van der Waals surface area contributed by atoms with E-state index < -0.39 is 0 Å². The van der Waals surface area contributed by atoms with Crippen LogP contribution in [0.25, 0.3) is 10.8 Å². The second-order valence-corrected chi connectivity index (χ2v) is 3.13. The SMILES string of the molecule is CNc1cccc2c(N=C=O)cccc12. The van der Waals surface area contributed by atoms with Gasteiger partial charge in [-0.1, -0.05) is 24.3 Å². The molecule has 74 valence electrons. The van der Waals surface area contributed by atoms with Gasteiger partial charge >= 0.3 is 0 Å². The first-order valence-corrected chi connectivity index (χ1v) is 4.64. The Morgan fingerprint density at radius 3 is 2.60 bits per heavy atom. The summed E-state index contributed by atoms with van der Waals surface area (Å²) in [6.07, 6.45) is 1.57. The molecule has 3 heteroatoms. The van der Waals surface area contributed by atoms with E-state index in [9.17, 15) is 4.79 Å². The third kappa shape index (κ3) is 1.60. The number of fused-ring (bicyclic) bond motifs is 1. The molecular weight excluding hydrogens is 188 g/mol. The summed E-state index contributed by atoms with van der Waals surface area (Å²) in [7, 11) is 1.87. The topological polar surface area (TPSA) is 41.5 Å². The molecule has 0 aliphatic rings. The van der Waals surface area contributed by atoms with Crippen LogP contribution in [-0.4, -0.2) is 13.1 Å². The normalized spacial score (nSPS) is 9.67. The van der Waals surface area contributed by atoms with Gasteiger partial charge in [0.15, 0.2) is 0 Å². The maximum atomic E-state index is 10.3. The Kier molecular flexibility index (Phi) is 2.48. The molecule has 0 saturated carbocycles. The van der Waals surface area contributed by atoms with Crippen LogP contribution in [0.2, 0.25) is 0 Å². The van der Waals surface area contributed by atoms with Crippen molar-refractivity contribution in [3.8, 4) is 0 Å².